The quantitative estimate of drug-likeness (QED) is 0.872. The summed E-state index contributed by atoms with van der Waals surface area (Å²) in [4.78, 5) is 18.4. The predicted octanol–water partition coefficient (Wildman–Crippen LogP) is 2.88. The molecule has 2 rings (SSSR count). The zero-order valence-electron chi connectivity index (χ0n) is 10.7. The Balaban J connectivity index is 2.40. The first-order valence-electron chi connectivity index (χ1n) is 5.85. The number of imidazole rings is 1. The molecule has 1 aromatic carbocycles. The molecule has 4 heteroatoms. The van der Waals surface area contributed by atoms with Crippen LogP contribution in [-0.4, -0.2) is 21.0 Å². The van der Waals surface area contributed by atoms with Crippen LogP contribution < -0.4 is 0 Å². The number of carboxylic acid groups (broad SMARTS) is 1. The van der Waals surface area contributed by atoms with Gasteiger partial charge in [0.25, 0.3) is 0 Å². The molecule has 0 aliphatic rings. The van der Waals surface area contributed by atoms with Crippen LogP contribution in [0.3, 0.4) is 0 Å². The molecule has 0 saturated carbocycles. The van der Waals surface area contributed by atoms with Gasteiger partial charge in [0.2, 0.25) is 0 Å². The van der Waals surface area contributed by atoms with Crippen molar-refractivity contribution in [3.63, 3.8) is 0 Å². The molecule has 0 aliphatic carbocycles. The third kappa shape index (κ3) is 2.27. The lowest BCUT2D eigenvalue weighted by molar-refractivity contribution is -0.138. The summed E-state index contributed by atoms with van der Waals surface area (Å²) >= 11 is 0. The topological polar surface area (TPSA) is 66.0 Å². The van der Waals surface area contributed by atoms with E-state index in [9.17, 15) is 4.79 Å². The van der Waals surface area contributed by atoms with Gasteiger partial charge in [-0.15, -0.1) is 0 Å². The Hall–Kier alpha value is -2.10. The summed E-state index contributed by atoms with van der Waals surface area (Å²) in [7, 11) is 0. The Kier molecular flexibility index (Phi) is 3.19. The number of aromatic amines is 1. The molecule has 94 valence electrons. The Bertz CT molecular complexity index is 570. The lowest BCUT2D eigenvalue weighted by Crippen LogP contribution is -2.08. The smallest absolute Gasteiger partial charge is 0.313 e. The highest BCUT2D eigenvalue weighted by molar-refractivity contribution is 5.75. The monoisotopic (exact) mass is 244 g/mol. The molecule has 0 amide bonds. The van der Waals surface area contributed by atoms with Gasteiger partial charge in [0.15, 0.2) is 0 Å². The molecule has 18 heavy (non-hydrogen) atoms. The molecule has 0 bridgehead atoms. The third-order valence-electron chi connectivity index (χ3n) is 3.01. The summed E-state index contributed by atoms with van der Waals surface area (Å²) in [5, 5.41) is 8.98. The third-order valence-corrected chi connectivity index (χ3v) is 3.01. The zero-order chi connectivity index (χ0) is 13.3. The van der Waals surface area contributed by atoms with Crippen molar-refractivity contribution in [1.82, 2.24) is 9.97 Å². The Morgan fingerprint density at radius 2 is 1.89 bits per heavy atom. The Labute approximate surface area is 106 Å². The second-order valence-corrected chi connectivity index (χ2v) is 4.52. The first-order valence-corrected chi connectivity index (χ1v) is 5.85. The van der Waals surface area contributed by atoms with Gasteiger partial charge in [-0.05, 0) is 20.8 Å². The lowest BCUT2D eigenvalue weighted by Gasteiger charge is -2.00. The first-order chi connectivity index (χ1) is 8.49. The van der Waals surface area contributed by atoms with Gasteiger partial charge in [0, 0.05) is 11.3 Å². The molecule has 2 aromatic rings. The van der Waals surface area contributed by atoms with E-state index < -0.39 is 11.9 Å². The number of carboxylic acids is 1. The van der Waals surface area contributed by atoms with Crippen LogP contribution in [0.15, 0.2) is 24.3 Å². The number of benzene rings is 1. The fraction of sp³-hybridized carbons (Fsp3) is 0.286. The van der Waals surface area contributed by atoms with Gasteiger partial charge in [-0.3, -0.25) is 4.79 Å². The molecule has 0 radical (unpaired) electrons. The van der Waals surface area contributed by atoms with Crippen LogP contribution in [0.2, 0.25) is 0 Å². The minimum atomic E-state index is -0.876. The Morgan fingerprint density at radius 1 is 1.28 bits per heavy atom. The van der Waals surface area contributed by atoms with E-state index in [1.807, 2.05) is 38.1 Å². The average molecular weight is 244 g/mol. The number of hydrogen-bond acceptors (Lipinski definition) is 2. The van der Waals surface area contributed by atoms with E-state index in [-0.39, 0.29) is 0 Å². The predicted molar refractivity (Wildman–Crippen MR) is 69.5 cm³/mol. The molecule has 0 aliphatic heterocycles. The van der Waals surface area contributed by atoms with Crippen molar-refractivity contribution < 1.29 is 9.90 Å². The molecule has 0 spiro atoms. The van der Waals surface area contributed by atoms with Gasteiger partial charge in [0.1, 0.15) is 11.7 Å². The molecule has 2 N–H and O–H groups in total. The maximum atomic E-state index is 10.9. The molecule has 1 unspecified atom stereocenters. The number of aryl methyl sites for hydroxylation is 2. The SMILES string of the molecule is Cc1ccc(-c2nc(C(C)C(=O)O)[nH]c2C)cc1. The molecule has 0 saturated heterocycles. The number of aromatic nitrogens is 2. The minimum absolute atomic E-state index is 0.496. The normalized spacial score (nSPS) is 12.4. The average Bonchev–Trinajstić information content (AvgIpc) is 2.71. The molecule has 0 fully saturated rings. The van der Waals surface area contributed by atoms with E-state index in [2.05, 4.69) is 9.97 Å². The Morgan fingerprint density at radius 3 is 2.44 bits per heavy atom. The van der Waals surface area contributed by atoms with Crippen molar-refractivity contribution in [1.29, 1.82) is 0 Å². The number of H-pyrrole nitrogens is 1. The number of nitrogens with one attached hydrogen (secondary N) is 1. The van der Waals surface area contributed by atoms with Gasteiger partial charge in [-0.25, -0.2) is 4.98 Å². The summed E-state index contributed by atoms with van der Waals surface area (Å²) in [5.41, 5.74) is 3.89. The van der Waals surface area contributed by atoms with Crippen LogP contribution in [0, 0.1) is 13.8 Å². The van der Waals surface area contributed by atoms with Crippen LogP contribution in [0.25, 0.3) is 11.3 Å². The maximum Gasteiger partial charge on any atom is 0.313 e. The molecule has 1 heterocycles. The number of rotatable bonds is 3. The van der Waals surface area contributed by atoms with E-state index >= 15 is 0 Å². The largest absolute Gasteiger partial charge is 0.481 e. The molecule has 4 nitrogen and oxygen atoms in total. The highest BCUT2D eigenvalue weighted by Crippen LogP contribution is 2.24. The summed E-state index contributed by atoms with van der Waals surface area (Å²) in [6.45, 7) is 5.55. The van der Waals surface area contributed by atoms with E-state index in [1.54, 1.807) is 6.92 Å². The second-order valence-electron chi connectivity index (χ2n) is 4.52. The number of aliphatic carboxylic acids is 1. The summed E-state index contributed by atoms with van der Waals surface area (Å²) < 4.78 is 0. The summed E-state index contributed by atoms with van der Waals surface area (Å²) in [6, 6.07) is 8.02. The van der Waals surface area contributed by atoms with Crippen molar-refractivity contribution in [3.8, 4) is 11.3 Å². The number of carbonyl (C=O) groups is 1. The first kappa shape index (κ1) is 12.4. The van der Waals surface area contributed by atoms with E-state index in [0.29, 0.717) is 5.82 Å². The van der Waals surface area contributed by atoms with Crippen molar-refractivity contribution in [2.45, 2.75) is 26.7 Å². The fourth-order valence-electron chi connectivity index (χ4n) is 1.80. The number of hydrogen-bond donors (Lipinski definition) is 2. The van der Waals surface area contributed by atoms with Crippen molar-refractivity contribution in [2.24, 2.45) is 0 Å². The van der Waals surface area contributed by atoms with Gasteiger partial charge in [0.05, 0.1) is 5.69 Å². The highest BCUT2D eigenvalue weighted by atomic mass is 16.4. The molecule has 1 aromatic heterocycles. The highest BCUT2D eigenvalue weighted by Gasteiger charge is 2.19. The zero-order valence-corrected chi connectivity index (χ0v) is 10.7. The van der Waals surface area contributed by atoms with Crippen LogP contribution >= 0.6 is 0 Å². The fourth-order valence-corrected chi connectivity index (χ4v) is 1.80. The van der Waals surface area contributed by atoms with Gasteiger partial charge < -0.3 is 10.1 Å². The van der Waals surface area contributed by atoms with E-state index in [4.69, 9.17) is 5.11 Å². The molecular formula is C14H16N2O2. The summed E-state index contributed by atoms with van der Waals surface area (Å²) in [6.07, 6.45) is 0. The lowest BCUT2D eigenvalue weighted by atomic mass is 10.1. The van der Waals surface area contributed by atoms with Crippen molar-refractivity contribution >= 4 is 5.97 Å². The molecular weight excluding hydrogens is 228 g/mol. The molecule has 1 atom stereocenters. The maximum absolute atomic E-state index is 10.9. The van der Waals surface area contributed by atoms with Gasteiger partial charge in [-0.1, -0.05) is 29.8 Å². The number of nitrogens with zero attached hydrogens (tertiary/aromatic N) is 1. The van der Waals surface area contributed by atoms with Crippen LogP contribution in [0.1, 0.15) is 29.9 Å². The van der Waals surface area contributed by atoms with Crippen LogP contribution in [0.4, 0.5) is 0 Å². The minimum Gasteiger partial charge on any atom is -0.481 e. The standard InChI is InChI=1S/C14H16N2O2/c1-8-4-6-11(7-5-8)12-10(3)15-13(16-12)9(2)14(17)18/h4-7,9H,1-3H3,(H,15,16)(H,17,18). The van der Waals surface area contributed by atoms with E-state index in [0.717, 1.165) is 17.0 Å². The van der Waals surface area contributed by atoms with Crippen LogP contribution in [-0.2, 0) is 4.79 Å². The second kappa shape index (κ2) is 4.64. The van der Waals surface area contributed by atoms with Gasteiger partial charge in [-0.2, -0.15) is 0 Å². The van der Waals surface area contributed by atoms with E-state index in [1.165, 1.54) is 5.56 Å². The summed E-state index contributed by atoms with van der Waals surface area (Å²) in [5.74, 6) is -1.00. The van der Waals surface area contributed by atoms with Gasteiger partial charge >= 0.3 is 5.97 Å². The van der Waals surface area contributed by atoms with Crippen molar-refractivity contribution in [3.05, 3.63) is 41.3 Å². The van der Waals surface area contributed by atoms with Crippen LogP contribution in [0.5, 0.6) is 0 Å². The van der Waals surface area contributed by atoms with Crippen molar-refractivity contribution in [2.75, 3.05) is 0 Å².